The van der Waals surface area contributed by atoms with Gasteiger partial charge in [-0.15, -0.1) is 0 Å². The normalized spacial score (nSPS) is 16.1. The Morgan fingerprint density at radius 3 is 1.11 bits per heavy atom. The van der Waals surface area contributed by atoms with Crippen LogP contribution < -0.4 is 0 Å². The third-order valence-corrected chi connectivity index (χ3v) is 7.51. The lowest BCUT2D eigenvalue weighted by molar-refractivity contribution is 0.0459. The molecule has 0 N–H and O–H groups in total. The molecule has 2 aliphatic heterocycles. The van der Waals surface area contributed by atoms with Crippen LogP contribution in [0.25, 0.3) is 43.1 Å². The van der Waals surface area contributed by atoms with Crippen LogP contribution in [0.2, 0.25) is 0 Å². The van der Waals surface area contributed by atoms with Crippen molar-refractivity contribution in [3.63, 3.8) is 0 Å². The van der Waals surface area contributed by atoms with Gasteiger partial charge in [0.1, 0.15) is 0 Å². The summed E-state index contributed by atoms with van der Waals surface area (Å²) in [7, 11) is 1.50. The average Bonchev–Trinajstić information content (AvgIpc) is 2.82. The van der Waals surface area contributed by atoms with Crippen LogP contribution in [0.1, 0.15) is 62.2 Å². The first-order valence-electron chi connectivity index (χ1n) is 11.5. The molecule has 2 aliphatic rings. The van der Waals surface area contributed by atoms with E-state index in [2.05, 4.69) is 0 Å². The van der Waals surface area contributed by atoms with Gasteiger partial charge in [-0.2, -0.15) is 0 Å². The van der Waals surface area contributed by atoms with E-state index in [4.69, 9.17) is 0 Å². The highest BCUT2D eigenvalue weighted by molar-refractivity contribution is 6.41. The first-order chi connectivity index (χ1) is 16.6. The van der Waals surface area contributed by atoms with Gasteiger partial charge in [0.2, 0.25) is 0 Å². The van der Waals surface area contributed by atoms with E-state index in [-0.39, 0.29) is 23.6 Å². The minimum Gasteiger partial charge on any atom is -0.277 e. The Labute approximate surface area is 200 Å². The first kappa shape index (κ1) is 20.1. The van der Waals surface area contributed by atoms with Gasteiger partial charge in [-0.1, -0.05) is 24.3 Å². The largest absolute Gasteiger partial charge is 0.277 e. The lowest BCUT2D eigenvalue weighted by Crippen LogP contribution is -2.51. The summed E-state index contributed by atoms with van der Waals surface area (Å²) in [4.78, 5) is 55.3. The van der Waals surface area contributed by atoms with E-state index in [1.807, 2.05) is 45.0 Å². The van der Waals surface area contributed by atoms with Crippen molar-refractivity contribution in [3.8, 4) is 0 Å². The molecule has 6 heteroatoms. The van der Waals surface area contributed by atoms with Gasteiger partial charge in [0.05, 0.1) is 0 Å². The number of imide groups is 2. The molecule has 0 saturated heterocycles. The van der Waals surface area contributed by atoms with Gasteiger partial charge in [-0.25, -0.2) is 0 Å². The van der Waals surface area contributed by atoms with Crippen molar-refractivity contribution in [2.45, 2.75) is 26.3 Å². The fraction of sp³-hybridized carbons (Fsp3) is 0.172. The number of hydrogen-bond acceptors (Lipinski definition) is 4. The quantitative estimate of drug-likeness (QED) is 0.177. The monoisotopic (exact) mass is 460 g/mol. The molecule has 0 aliphatic carbocycles. The molecule has 170 valence electrons. The number of fused-ring (bicyclic) bond motifs is 2. The van der Waals surface area contributed by atoms with E-state index < -0.39 is 5.54 Å². The van der Waals surface area contributed by atoms with Crippen LogP contribution in [0.3, 0.4) is 0 Å². The predicted molar refractivity (Wildman–Crippen MR) is 134 cm³/mol. The molecule has 5 aromatic rings. The van der Waals surface area contributed by atoms with Gasteiger partial charge < -0.3 is 0 Å². The van der Waals surface area contributed by atoms with Crippen LogP contribution in [-0.4, -0.2) is 46.0 Å². The highest BCUT2D eigenvalue weighted by Crippen LogP contribution is 2.46. The van der Waals surface area contributed by atoms with Crippen molar-refractivity contribution in [2.24, 2.45) is 0 Å². The Morgan fingerprint density at radius 1 is 0.486 bits per heavy atom. The first-order valence-corrected chi connectivity index (χ1v) is 11.5. The Hall–Kier alpha value is -4.32. The van der Waals surface area contributed by atoms with Gasteiger partial charge in [-0.05, 0) is 77.4 Å². The molecule has 0 atom stereocenters. The second-order valence-electron chi connectivity index (χ2n) is 10.4. The maximum atomic E-state index is 13.5. The SMILES string of the molecule is CN1C(=O)c2ccc3c4ccc5c6c(ccc(c7ccc(c2c37)C1=O)c64)C(=O)N(C(C)(C)C)C5=O. The lowest BCUT2D eigenvalue weighted by Gasteiger charge is -2.37. The maximum Gasteiger partial charge on any atom is 0.261 e. The number of rotatable bonds is 0. The van der Waals surface area contributed by atoms with Crippen molar-refractivity contribution >= 4 is 66.7 Å². The van der Waals surface area contributed by atoms with Crippen molar-refractivity contribution < 1.29 is 19.2 Å². The molecule has 2 heterocycles. The van der Waals surface area contributed by atoms with Gasteiger partial charge in [0.15, 0.2) is 0 Å². The third kappa shape index (κ3) is 2.20. The molecule has 5 aromatic carbocycles. The number of carbonyl (C=O) groups excluding carboxylic acids is 4. The van der Waals surface area contributed by atoms with E-state index in [1.54, 1.807) is 24.3 Å². The Morgan fingerprint density at radius 2 is 0.800 bits per heavy atom. The van der Waals surface area contributed by atoms with Crippen LogP contribution >= 0.6 is 0 Å². The molecule has 35 heavy (non-hydrogen) atoms. The highest BCUT2D eigenvalue weighted by Gasteiger charge is 2.40. The van der Waals surface area contributed by atoms with Gasteiger partial charge in [0.25, 0.3) is 23.6 Å². The fourth-order valence-electron chi connectivity index (χ4n) is 6.00. The molecule has 4 amide bonds. The highest BCUT2D eigenvalue weighted by atomic mass is 16.2. The minimum atomic E-state index is -0.655. The van der Waals surface area contributed by atoms with Crippen LogP contribution in [0.5, 0.6) is 0 Å². The van der Waals surface area contributed by atoms with Gasteiger partial charge in [-0.3, -0.25) is 29.0 Å². The number of nitrogens with zero attached hydrogens (tertiary/aromatic N) is 2. The molecule has 0 radical (unpaired) electrons. The summed E-state index contributed by atoms with van der Waals surface area (Å²) in [5.41, 5.74) is 1.37. The molecule has 0 aromatic heterocycles. The van der Waals surface area contributed by atoms with E-state index in [0.717, 1.165) is 37.2 Å². The Balaban J connectivity index is 1.69. The molecule has 7 rings (SSSR count). The molecular formula is C29H20N2O4. The van der Waals surface area contributed by atoms with E-state index in [0.29, 0.717) is 33.0 Å². The standard InChI is InChI=1S/C29H20N2O4/c1-29(2,3)31-27(34)19-11-7-15-13-5-9-17-23-18(26(33)30(4)25(17)32)10-6-14(21(13)23)16-8-12-20(28(31)35)24(19)22(15)16/h5-12H,1-4H3. The summed E-state index contributed by atoms with van der Waals surface area (Å²) in [6.45, 7) is 5.56. The Bertz CT molecular complexity index is 1760. The number of benzene rings is 5. The van der Waals surface area contributed by atoms with Crippen LogP contribution in [0.15, 0.2) is 48.5 Å². The molecule has 0 fully saturated rings. The van der Waals surface area contributed by atoms with Gasteiger partial charge >= 0.3 is 0 Å². The zero-order valence-corrected chi connectivity index (χ0v) is 19.6. The zero-order chi connectivity index (χ0) is 24.5. The van der Waals surface area contributed by atoms with Crippen molar-refractivity contribution in [1.82, 2.24) is 9.80 Å². The summed E-state index contributed by atoms with van der Waals surface area (Å²) in [6, 6.07) is 14.8. The van der Waals surface area contributed by atoms with Crippen molar-refractivity contribution in [2.75, 3.05) is 7.05 Å². The second kappa shape index (κ2) is 6.02. The van der Waals surface area contributed by atoms with Crippen LogP contribution in [0.4, 0.5) is 0 Å². The van der Waals surface area contributed by atoms with Crippen molar-refractivity contribution in [1.29, 1.82) is 0 Å². The second-order valence-corrected chi connectivity index (χ2v) is 10.4. The number of amides is 4. The van der Waals surface area contributed by atoms with Crippen molar-refractivity contribution in [3.05, 3.63) is 70.8 Å². The summed E-state index contributed by atoms with van der Waals surface area (Å²) < 4.78 is 0. The smallest absolute Gasteiger partial charge is 0.261 e. The fourth-order valence-corrected chi connectivity index (χ4v) is 6.00. The van der Waals surface area contributed by atoms with Crippen LogP contribution in [-0.2, 0) is 0 Å². The minimum absolute atomic E-state index is 0.297. The number of carbonyl (C=O) groups is 4. The zero-order valence-electron chi connectivity index (χ0n) is 19.6. The summed E-state index contributed by atoms with van der Waals surface area (Å²) in [5, 5.41) is 6.60. The molecular weight excluding hydrogens is 440 g/mol. The summed E-state index contributed by atoms with van der Waals surface area (Å²) >= 11 is 0. The van der Waals surface area contributed by atoms with Gasteiger partial charge in [0, 0.05) is 45.6 Å². The van der Waals surface area contributed by atoms with E-state index in [9.17, 15) is 19.2 Å². The van der Waals surface area contributed by atoms with Crippen LogP contribution in [0, 0.1) is 0 Å². The average molecular weight is 460 g/mol. The summed E-state index contributed by atoms with van der Waals surface area (Å²) in [6.07, 6.45) is 0. The maximum absolute atomic E-state index is 13.5. The van der Waals surface area contributed by atoms with E-state index >= 15 is 0 Å². The molecule has 6 nitrogen and oxygen atoms in total. The molecule has 0 spiro atoms. The molecule has 0 saturated carbocycles. The summed E-state index contributed by atoms with van der Waals surface area (Å²) in [5.74, 6) is -1.23. The molecule has 0 bridgehead atoms. The topological polar surface area (TPSA) is 74.8 Å². The molecule has 0 unspecified atom stereocenters. The Kier molecular flexibility index (Phi) is 3.46. The number of hydrogen-bond donors (Lipinski definition) is 0. The predicted octanol–water partition coefficient (Wildman–Crippen LogP) is 5.36. The lowest BCUT2D eigenvalue weighted by atomic mass is 9.82. The van der Waals surface area contributed by atoms with E-state index in [1.165, 1.54) is 11.9 Å². The third-order valence-electron chi connectivity index (χ3n) is 7.51.